The zero-order valence-electron chi connectivity index (χ0n) is 15.7. The van der Waals surface area contributed by atoms with E-state index < -0.39 is 0 Å². The molecule has 0 radical (unpaired) electrons. The van der Waals surface area contributed by atoms with Crippen LogP contribution in [0.4, 0.5) is 5.69 Å². The molecule has 6 heteroatoms. The quantitative estimate of drug-likeness (QED) is 0.583. The molecule has 2 aromatic rings. The summed E-state index contributed by atoms with van der Waals surface area (Å²) < 4.78 is 5.86. The molecule has 0 saturated heterocycles. The van der Waals surface area contributed by atoms with Crippen LogP contribution in [0.5, 0.6) is 5.75 Å². The van der Waals surface area contributed by atoms with Gasteiger partial charge in [-0.3, -0.25) is 10.1 Å². The van der Waals surface area contributed by atoms with Crippen LogP contribution in [0.2, 0.25) is 5.02 Å². The van der Waals surface area contributed by atoms with Gasteiger partial charge in [0.25, 0.3) is 5.91 Å². The van der Waals surface area contributed by atoms with Crippen LogP contribution in [0.3, 0.4) is 0 Å². The summed E-state index contributed by atoms with van der Waals surface area (Å²) in [5.74, 6) is 1.35. The van der Waals surface area contributed by atoms with E-state index in [0.29, 0.717) is 10.6 Å². The SMILES string of the molecule is O=C(NC(=S)Nc1ccc(OCCC2CCCCC2)cc1)c1cccc(Cl)c1. The van der Waals surface area contributed by atoms with E-state index in [1.165, 1.54) is 32.1 Å². The first kappa shape index (κ1) is 20.6. The van der Waals surface area contributed by atoms with Gasteiger partial charge in [-0.2, -0.15) is 0 Å². The molecule has 1 saturated carbocycles. The minimum absolute atomic E-state index is 0.232. The lowest BCUT2D eigenvalue weighted by Gasteiger charge is -2.21. The van der Waals surface area contributed by atoms with E-state index in [2.05, 4.69) is 10.6 Å². The van der Waals surface area contributed by atoms with E-state index >= 15 is 0 Å². The maximum atomic E-state index is 12.2. The molecule has 1 amide bonds. The third-order valence-electron chi connectivity index (χ3n) is 4.95. The monoisotopic (exact) mass is 416 g/mol. The summed E-state index contributed by atoms with van der Waals surface area (Å²) in [5, 5.41) is 6.39. The van der Waals surface area contributed by atoms with E-state index in [0.717, 1.165) is 30.4 Å². The Morgan fingerprint density at radius 1 is 1.11 bits per heavy atom. The van der Waals surface area contributed by atoms with Crippen LogP contribution < -0.4 is 15.4 Å². The second-order valence-electron chi connectivity index (χ2n) is 7.08. The number of thiocarbonyl (C=S) groups is 1. The number of rotatable bonds is 6. The number of halogens is 1. The van der Waals surface area contributed by atoms with Crippen LogP contribution in [0.1, 0.15) is 48.9 Å². The zero-order chi connectivity index (χ0) is 19.8. The fourth-order valence-corrected chi connectivity index (χ4v) is 3.82. The van der Waals surface area contributed by atoms with Gasteiger partial charge in [0.15, 0.2) is 5.11 Å². The van der Waals surface area contributed by atoms with Crippen molar-refractivity contribution < 1.29 is 9.53 Å². The molecular weight excluding hydrogens is 392 g/mol. The van der Waals surface area contributed by atoms with Gasteiger partial charge >= 0.3 is 0 Å². The largest absolute Gasteiger partial charge is 0.494 e. The molecule has 0 aromatic heterocycles. The van der Waals surface area contributed by atoms with E-state index in [-0.39, 0.29) is 11.0 Å². The fraction of sp³-hybridized carbons (Fsp3) is 0.364. The molecule has 1 aliphatic carbocycles. The van der Waals surface area contributed by atoms with Gasteiger partial charge in [0, 0.05) is 16.3 Å². The normalized spacial score (nSPS) is 14.3. The Balaban J connectivity index is 1.43. The molecule has 0 spiro atoms. The number of ether oxygens (including phenoxy) is 1. The number of carbonyl (C=O) groups is 1. The first-order chi connectivity index (χ1) is 13.6. The van der Waals surface area contributed by atoms with Gasteiger partial charge in [0.2, 0.25) is 0 Å². The zero-order valence-corrected chi connectivity index (χ0v) is 17.3. The molecule has 4 nitrogen and oxygen atoms in total. The molecule has 148 valence electrons. The Kier molecular flexibility index (Phi) is 7.69. The van der Waals surface area contributed by atoms with Crippen molar-refractivity contribution in [3.8, 4) is 5.75 Å². The van der Waals surface area contributed by atoms with E-state index in [1.54, 1.807) is 24.3 Å². The van der Waals surface area contributed by atoms with Crippen molar-refractivity contribution >= 4 is 40.5 Å². The third-order valence-corrected chi connectivity index (χ3v) is 5.38. The summed E-state index contributed by atoms with van der Waals surface area (Å²) >= 11 is 11.1. The molecular formula is C22H25ClN2O2S. The summed E-state index contributed by atoms with van der Waals surface area (Å²) in [6.07, 6.45) is 7.90. The van der Waals surface area contributed by atoms with Crippen molar-refractivity contribution in [3.63, 3.8) is 0 Å². The van der Waals surface area contributed by atoms with Gasteiger partial charge in [-0.05, 0) is 67.0 Å². The Hall–Kier alpha value is -2.11. The first-order valence-electron chi connectivity index (χ1n) is 9.71. The first-order valence-corrected chi connectivity index (χ1v) is 10.5. The Bertz CT molecular complexity index is 804. The summed E-state index contributed by atoms with van der Waals surface area (Å²) in [4.78, 5) is 12.2. The summed E-state index contributed by atoms with van der Waals surface area (Å²) in [5.41, 5.74) is 1.24. The van der Waals surface area contributed by atoms with E-state index in [4.69, 9.17) is 28.6 Å². The average Bonchev–Trinajstić information content (AvgIpc) is 2.70. The molecule has 0 unspecified atom stereocenters. The third kappa shape index (κ3) is 6.50. The molecule has 0 bridgehead atoms. The van der Waals surface area contributed by atoms with Crippen LogP contribution >= 0.6 is 23.8 Å². The molecule has 0 atom stereocenters. The van der Waals surface area contributed by atoms with Gasteiger partial charge in [0.1, 0.15) is 5.75 Å². The Morgan fingerprint density at radius 3 is 2.57 bits per heavy atom. The summed E-state index contributed by atoms with van der Waals surface area (Å²) in [7, 11) is 0. The average molecular weight is 417 g/mol. The standard InChI is InChI=1S/C22H25ClN2O2S/c23-18-8-4-7-17(15-18)21(26)25-22(28)24-19-9-11-20(12-10-19)27-14-13-16-5-2-1-3-6-16/h4,7-12,15-16H,1-3,5-6,13-14H2,(H2,24,25,26,28). The van der Waals surface area contributed by atoms with Gasteiger partial charge in [-0.1, -0.05) is 49.8 Å². The van der Waals surface area contributed by atoms with Crippen molar-refractivity contribution in [2.24, 2.45) is 5.92 Å². The maximum absolute atomic E-state index is 12.2. The van der Waals surface area contributed by atoms with Crippen molar-refractivity contribution in [3.05, 3.63) is 59.1 Å². The lowest BCUT2D eigenvalue weighted by atomic mass is 9.87. The minimum Gasteiger partial charge on any atom is -0.494 e. The Labute approximate surface area is 176 Å². The van der Waals surface area contributed by atoms with Crippen LogP contribution in [0.25, 0.3) is 0 Å². The highest BCUT2D eigenvalue weighted by atomic mass is 35.5. The van der Waals surface area contributed by atoms with Crippen molar-refractivity contribution in [2.75, 3.05) is 11.9 Å². The molecule has 3 rings (SSSR count). The van der Waals surface area contributed by atoms with Crippen molar-refractivity contribution in [2.45, 2.75) is 38.5 Å². The highest BCUT2D eigenvalue weighted by molar-refractivity contribution is 7.80. The predicted molar refractivity (Wildman–Crippen MR) is 118 cm³/mol. The summed E-state index contributed by atoms with van der Waals surface area (Å²) in [6, 6.07) is 14.3. The van der Waals surface area contributed by atoms with Gasteiger partial charge in [-0.15, -0.1) is 0 Å². The van der Waals surface area contributed by atoms with E-state index in [1.807, 2.05) is 24.3 Å². The minimum atomic E-state index is -0.303. The van der Waals surface area contributed by atoms with Crippen molar-refractivity contribution in [1.82, 2.24) is 5.32 Å². The molecule has 0 aliphatic heterocycles. The fourth-order valence-electron chi connectivity index (χ4n) is 3.42. The predicted octanol–water partition coefficient (Wildman–Crippen LogP) is 5.82. The number of anilines is 1. The number of amides is 1. The van der Waals surface area contributed by atoms with E-state index in [9.17, 15) is 4.79 Å². The molecule has 1 fully saturated rings. The lowest BCUT2D eigenvalue weighted by molar-refractivity contribution is 0.0977. The molecule has 2 aromatic carbocycles. The maximum Gasteiger partial charge on any atom is 0.257 e. The number of nitrogens with one attached hydrogen (secondary N) is 2. The molecule has 28 heavy (non-hydrogen) atoms. The number of benzene rings is 2. The second-order valence-corrected chi connectivity index (χ2v) is 7.93. The molecule has 0 heterocycles. The van der Waals surface area contributed by atoms with Crippen LogP contribution in [-0.2, 0) is 0 Å². The molecule has 1 aliphatic rings. The van der Waals surface area contributed by atoms with Crippen LogP contribution in [0.15, 0.2) is 48.5 Å². The van der Waals surface area contributed by atoms with Crippen LogP contribution in [-0.4, -0.2) is 17.6 Å². The van der Waals surface area contributed by atoms with Gasteiger partial charge in [-0.25, -0.2) is 0 Å². The highest BCUT2D eigenvalue weighted by Gasteiger charge is 2.13. The number of hydrogen-bond donors (Lipinski definition) is 2. The smallest absolute Gasteiger partial charge is 0.257 e. The Morgan fingerprint density at radius 2 is 1.86 bits per heavy atom. The highest BCUT2D eigenvalue weighted by Crippen LogP contribution is 2.26. The van der Waals surface area contributed by atoms with Gasteiger partial charge in [0.05, 0.1) is 6.61 Å². The van der Waals surface area contributed by atoms with Gasteiger partial charge < -0.3 is 10.1 Å². The summed E-state index contributed by atoms with van der Waals surface area (Å²) in [6.45, 7) is 0.756. The lowest BCUT2D eigenvalue weighted by Crippen LogP contribution is -2.34. The topological polar surface area (TPSA) is 50.4 Å². The second kappa shape index (κ2) is 10.4. The molecule has 2 N–H and O–H groups in total. The number of hydrogen-bond acceptors (Lipinski definition) is 3. The van der Waals surface area contributed by atoms with Crippen LogP contribution in [0, 0.1) is 5.92 Å². The van der Waals surface area contributed by atoms with Crippen molar-refractivity contribution in [1.29, 1.82) is 0 Å². The number of carbonyl (C=O) groups excluding carboxylic acids is 1.